The van der Waals surface area contributed by atoms with Gasteiger partial charge in [0, 0.05) is 12.0 Å². The minimum Gasteiger partial charge on any atom is -0.486 e. The van der Waals surface area contributed by atoms with Crippen LogP contribution in [0.1, 0.15) is 31.2 Å². The molecule has 2 fully saturated rings. The Labute approximate surface area is 108 Å². The monoisotopic (exact) mass is 247 g/mol. The van der Waals surface area contributed by atoms with Crippen LogP contribution < -0.4 is 10.5 Å². The summed E-state index contributed by atoms with van der Waals surface area (Å²) in [6, 6.07) is 8.49. The quantitative estimate of drug-likeness (QED) is 0.887. The van der Waals surface area contributed by atoms with Crippen LogP contribution in [0.4, 0.5) is 0 Å². The zero-order chi connectivity index (χ0) is 12.4. The van der Waals surface area contributed by atoms with Crippen molar-refractivity contribution in [3.8, 4) is 5.75 Å². The molecule has 3 nitrogen and oxygen atoms in total. The van der Waals surface area contributed by atoms with E-state index in [0.717, 1.165) is 12.3 Å². The van der Waals surface area contributed by atoms with Crippen molar-refractivity contribution in [2.45, 2.75) is 37.2 Å². The van der Waals surface area contributed by atoms with E-state index in [1.54, 1.807) is 0 Å². The number of ether oxygens (including phenoxy) is 2. The predicted octanol–water partition coefficient (Wildman–Crippen LogP) is 2.23. The normalized spacial score (nSPS) is 22.7. The first-order valence-electron chi connectivity index (χ1n) is 6.87. The Kier molecular flexibility index (Phi) is 3.27. The summed E-state index contributed by atoms with van der Waals surface area (Å²) >= 11 is 0. The van der Waals surface area contributed by atoms with Crippen molar-refractivity contribution >= 4 is 0 Å². The number of benzene rings is 1. The van der Waals surface area contributed by atoms with Gasteiger partial charge in [-0.3, -0.25) is 0 Å². The van der Waals surface area contributed by atoms with Crippen LogP contribution in [0.15, 0.2) is 24.3 Å². The van der Waals surface area contributed by atoms with Gasteiger partial charge in [0.05, 0.1) is 13.2 Å². The van der Waals surface area contributed by atoms with Crippen molar-refractivity contribution in [2.75, 3.05) is 19.8 Å². The summed E-state index contributed by atoms with van der Waals surface area (Å²) in [5.74, 6) is 0.959. The summed E-state index contributed by atoms with van der Waals surface area (Å²) < 4.78 is 11.0. The van der Waals surface area contributed by atoms with E-state index in [4.69, 9.17) is 15.2 Å². The van der Waals surface area contributed by atoms with E-state index in [-0.39, 0.29) is 11.5 Å². The van der Waals surface area contributed by atoms with Crippen LogP contribution >= 0.6 is 0 Å². The van der Waals surface area contributed by atoms with Crippen molar-refractivity contribution in [3.63, 3.8) is 0 Å². The average molecular weight is 247 g/mol. The van der Waals surface area contributed by atoms with Crippen molar-refractivity contribution in [1.82, 2.24) is 0 Å². The largest absolute Gasteiger partial charge is 0.486 e. The van der Waals surface area contributed by atoms with E-state index in [1.807, 2.05) is 6.07 Å². The summed E-state index contributed by atoms with van der Waals surface area (Å²) in [6.07, 6.45) is 5.23. The van der Waals surface area contributed by atoms with Gasteiger partial charge in [-0.25, -0.2) is 0 Å². The molecular weight excluding hydrogens is 226 g/mol. The van der Waals surface area contributed by atoms with Gasteiger partial charge in [0.2, 0.25) is 0 Å². The molecule has 0 atom stereocenters. The second-order valence-electron chi connectivity index (χ2n) is 5.50. The Morgan fingerprint density at radius 1 is 1.28 bits per heavy atom. The molecule has 1 aromatic carbocycles. The maximum atomic E-state index is 6.03. The molecule has 18 heavy (non-hydrogen) atoms. The molecule has 0 aromatic heterocycles. The topological polar surface area (TPSA) is 44.5 Å². The van der Waals surface area contributed by atoms with Gasteiger partial charge in [-0.1, -0.05) is 25.0 Å². The number of hydrogen-bond donors (Lipinski definition) is 1. The second kappa shape index (κ2) is 4.90. The first kappa shape index (κ1) is 12.0. The van der Waals surface area contributed by atoms with Gasteiger partial charge in [0.25, 0.3) is 0 Å². The standard InChI is InChI=1S/C15H21NO2/c16-11-15(6-1-2-7-15)12-4-3-5-13(8-12)18-14-9-17-10-14/h3-5,8,14H,1-2,6-7,9-11,16H2. The first-order valence-corrected chi connectivity index (χ1v) is 6.87. The zero-order valence-corrected chi connectivity index (χ0v) is 10.7. The third-order valence-electron chi connectivity index (χ3n) is 4.31. The molecular formula is C15H21NO2. The van der Waals surface area contributed by atoms with Gasteiger partial charge < -0.3 is 15.2 Å². The Hall–Kier alpha value is -1.06. The van der Waals surface area contributed by atoms with E-state index < -0.39 is 0 Å². The molecule has 3 rings (SSSR count). The van der Waals surface area contributed by atoms with Crippen molar-refractivity contribution in [1.29, 1.82) is 0 Å². The van der Waals surface area contributed by atoms with E-state index in [1.165, 1.54) is 31.2 Å². The van der Waals surface area contributed by atoms with Crippen LogP contribution in [-0.4, -0.2) is 25.9 Å². The first-order chi connectivity index (χ1) is 8.82. The van der Waals surface area contributed by atoms with E-state index in [2.05, 4.69) is 18.2 Å². The molecule has 98 valence electrons. The van der Waals surface area contributed by atoms with E-state index in [9.17, 15) is 0 Å². The second-order valence-corrected chi connectivity index (χ2v) is 5.50. The molecule has 1 aliphatic heterocycles. The minimum absolute atomic E-state index is 0.190. The van der Waals surface area contributed by atoms with E-state index in [0.29, 0.717) is 13.2 Å². The van der Waals surface area contributed by atoms with Crippen molar-refractivity contribution in [2.24, 2.45) is 5.73 Å². The summed E-state index contributed by atoms with van der Waals surface area (Å²) in [5, 5.41) is 0. The highest BCUT2D eigenvalue weighted by molar-refractivity contribution is 5.35. The Balaban J connectivity index is 1.80. The summed E-state index contributed by atoms with van der Waals surface area (Å²) in [4.78, 5) is 0. The molecule has 2 N–H and O–H groups in total. The molecule has 0 amide bonds. The smallest absolute Gasteiger partial charge is 0.145 e. The fourth-order valence-corrected chi connectivity index (χ4v) is 3.04. The summed E-state index contributed by atoms with van der Waals surface area (Å²) in [6.45, 7) is 2.17. The van der Waals surface area contributed by atoms with Gasteiger partial charge in [-0.2, -0.15) is 0 Å². The Morgan fingerprint density at radius 2 is 2.06 bits per heavy atom. The average Bonchev–Trinajstić information content (AvgIpc) is 2.84. The third kappa shape index (κ3) is 2.13. The maximum Gasteiger partial charge on any atom is 0.145 e. The highest BCUT2D eigenvalue weighted by Gasteiger charge is 2.34. The number of nitrogens with two attached hydrogens (primary N) is 1. The van der Waals surface area contributed by atoms with Gasteiger partial charge in [-0.05, 0) is 30.5 Å². The highest BCUT2D eigenvalue weighted by Crippen LogP contribution is 2.41. The molecule has 1 saturated carbocycles. The Bertz CT molecular complexity index is 409. The lowest BCUT2D eigenvalue weighted by atomic mass is 9.79. The molecule has 1 aliphatic carbocycles. The zero-order valence-electron chi connectivity index (χ0n) is 10.7. The number of rotatable bonds is 4. The molecule has 0 bridgehead atoms. The van der Waals surface area contributed by atoms with Crippen molar-refractivity contribution in [3.05, 3.63) is 29.8 Å². The summed E-state index contributed by atoms with van der Waals surface area (Å²) in [5.41, 5.74) is 7.57. The van der Waals surface area contributed by atoms with Crippen LogP contribution in [0.25, 0.3) is 0 Å². The Morgan fingerprint density at radius 3 is 2.67 bits per heavy atom. The van der Waals surface area contributed by atoms with Crippen molar-refractivity contribution < 1.29 is 9.47 Å². The third-order valence-corrected chi connectivity index (χ3v) is 4.31. The predicted molar refractivity (Wildman–Crippen MR) is 70.9 cm³/mol. The van der Waals surface area contributed by atoms with E-state index >= 15 is 0 Å². The van der Waals surface area contributed by atoms with Gasteiger partial charge in [-0.15, -0.1) is 0 Å². The lowest BCUT2D eigenvalue weighted by Crippen LogP contribution is -2.38. The van der Waals surface area contributed by atoms with Crippen LogP contribution in [0, 0.1) is 0 Å². The van der Waals surface area contributed by atoms with Gasteiger partial charge >= 0.3 is 0 Å². The minimum atomic E-state index is 0.190. The molecule has 1 aromatic rings. The lowest BCUT2D eigenvalue weighted by molar-refractivity contribution is -0.0797. The molecule has 0 radical (unpaired) electrons. The fourth-order valence-electron chi connectivity index (χ4n) is 3.04. The van der Waals surface area contributed by atoms with Crippen LogP contribution in [0.3, 0.4) is 0 Å². The molecule has 2 aliphatic rings. The lowest BCUT2D eigenvalue weighted by Gasteiger charge is -2.30. The van der Waals surface area contributed by atoms with Gasteiger partial charge in [0.1, 0.15) is 11.9 Å². The molecule has 0 unspecified atom stereocenters. The van der Waals surface area contributed by atoms with Crippen LogP contribution in [-0.2, 0) is 10.2 Å². The van der Waals surface area contributed by atoms with Crippen LogP contribution in [0.2, 0.25) is 0 Å². The van der Waals surface area contributed by atoms with Gasteiger partial charge in [0.15, 0.2) is 0 Å². The SMILES string of the molecule is NCC1(c2cccc(OC3COC3)c2)CCCC1. The molecule has 1 heterocycles. The molecule has 1 saturated heterocycles. The molecule has 0 spiro atoms. The molecule has 3 heteroatoms. The fraction of sp³-hybridized carbons (Fsp3) is 0.600. The maximum absolute atomic E-state index is 6.03. The highest BCUT2D eigenvalue weighted by atomic mass is 16.6. The summed E-state index contributed by atoms with van der Waals surface area (Å²) in [7, 11) is 0. The van der Waals surface area contributed by atoms with Crippen LogP contribution in [0.5, 0.6) is 5.75 Å². The number of hydrogen-bond acceptors (Lipinski definition) is 3.